The number of likely N-dealkylation sites (tertiary alicyclic amines) is 1. The first kappa shape index (κ1) is 12.8. The third-order valence-corrected chi connectivity index (χ3v) is 3.61. The molecule has 1 atom stereocenters. The highest BCUT2D eigenvalue weighted by Crippen LogP contribution is 2.26. The Bertz CT molecular complexity index is 659. The SMILES string of the molecule is CN1CCC(Nc2c(C(=O)O)nnc3ccccc23)C1. The molecule has 0 bridgehead atoms. The Kier molecular flexibility index (Phi) is 3.23. The molecule has 104 valence electrons. The van der Waals surface area contributed by atoms with Gasteiger partial charge in [-0.15, -0.1) is 10.2 Å². The van der Waals surface area contributed by atoms with Crippen LogP contribution < -0.4 is 5.32 Å². The van der Waals surface area contributed by atoms with Gasteiger partial charge in [0.2, 0.25) is 0 Å². The number of benzene rings is 1. The molecule has 2 aromatic rings. The molecule has 1 saturated heterocycles. The topological polar surface area (TPSA) is 78.4 Å². The fraction of sp³-hybridized carbons (Fsp3) is 0.357. The van der Waals surface area contributed by atoms with Gasteiger partial charge in [0.05, 0.1) is 11.2 Å². The summed E-state index contributed by atoms with van der Waals surface area (Å²) in [5, 5.41) is 21.3. The summed E-state index contributed by atoms with van der Waals surface area (Å²) in [6.45, 7) is 1.91. The Labute approximate surface area is 116 Å². The van der Waals surface area contributed by atoms with Crippen LogP contribution >= 0.6 is 0 Å². The van der Waals surface area contributed by atoms with Crippen LogP contribution in [0.25, 0.3) is 10.9 Å². The van der Waals surface area contributed by atoms with Crippen LogP contribution in [0.5, 0.6) is 0 Å². The molecule has 1 aromatic heterocycles. The third kappa shape index (κ3) is 2.30. The molecule has 0 spiro atoms. The van der Waals surface area contributed by atoms with Gasteiger partial charge in [-0.05, 0) is 26.1 Å². The van der Waals surface area contributed by atoms with Gasteiger partial charge < -0.3 is 15.3 Å². The van der Waals surface area contributed by atoms with Crippen molar-refractivity contribution in [2.45, 2.75) is 12.5 Å². The molecule has 1 fully saturated rings. The predicted molar refractivity (Wildman–Crippen MR) is 76.0 cm³/mol. The van der Waals surface area contributed by atoms with Crippen LogP contribution in [-0.2, 0) is 0 Å². The fourth-order valence-electron chi connectivity index (χ4n) is 2.61. The molecule has 6 heteroatoms. The van der Waals surface area contributed by atoms with Gasteiger partial charge in [0, 0.05) is 18.0 Å². The number of carboxylic acid groups (broad SMARTS) is 1. The van der Waals surface area contributed by atoms with Crippen LogP contribution in [0.1, 0.15) is 16.9 Å². The lowest BCUT2D eigenvalue weighted by atomic mass is 10.1. The number of aromatic nitrogens is 2. The van der Waals surface area contributed by atoms with Crippen molar-refractivity contribution in [3.8, 4) is 0 Å². The van der Waals surface area contributed by atoms with Crippen molar-refractivity contribution in [1.29, 1.82) is 0 Å². The number of carboxylic acids is 1. The lowest BCUT2D eigenvalue weighted by Gasteiger charge is -2.17. The van der Waals surface area contributed by atoms with Crippen molar-refractivity contribution in [2.24, 2.45) is 0 Å². The van der Waals surface area contributed by atoms with E-state index in [0.29, 0.717) is 11.2 Å². The quantitative estimate of drug-likeness (QED) is 0.880. The molecule has 2 heterocycles. The Morgan fingerprint density at radius 1 is 1.40 bits per heavy atom. The second kappa shape index (κ2) is 5.05. The van der Waals surface area contributed by atoms with Gasteiger partial charge in [0.1, 0.15) is 0 Å². The lowest BCUT2D eigenvalue weighted by molar-refractivity contribution is 0.0690. The molecule has 0 amide bonds. The van der Waals surface area contributed by atoms with Gasteiger partial charge in [-0.3, -0.25) is 0 Å². The molecular formula is C14H16N4O2. The first-order valence-corrected chi connectivity index (χ1v) is 6.59. The molecule has 20 heavy (non-hydrogen) atoms. The number of anilines is 1. The summed E-state index contributed by atoms with van der Waals surface area (Å²) in [5.74, 6) is -1.06. The molecule has 2 N–H and O–H groups in total. The van der Waals surface area contributed by atoms with E-state index in [4.69, 9.17) is 0 Å². The van der Waals surface area contributed by atoms with Gasteiger partial charge in [-0.25, -0.2) is 4.79 Å². The summed E-state index contributed by atoms with van der Waals surface area (Å²) in [4.78, 5) is 13.6. The molecular weight excluding hydrogens is 256 g/mol. The van der Waals surface area contributed by atoms with E-state index in [0.717, 1.165) is 24.9 Å². The minimum Gasteiger partial charge on any atom is -0.476 e. The summed E-state index contributed by atoms with van der Waals surface area (Å²) < 4.78 is 0. The maximum Gasteiger partial charge on any atom is 0.358 e. The number of nitrogens with one attached hydrogen (secondary N) is 1. The monoisotopic (exact) mass is 272 g/mol. The van der Waals surface area contributed by atoms with Crippen LogP contribution in [0.4, 0.5) is 5.69 Å². The molecule has 6 nitrogen and oxygen atoms in total. The van der Waals surface area contributed by atoms with E-state index in [-0.39, 0.29) is 11.7 Å². The van der Waals surface area contributed by atoms with Crippen molar-refractivity contribution < 1.29 is 9.90 Å². The number of fused-ring (bicyclic) bond motifs is 1. The van der Waals surface area contributed by atoms with E-state index in [1.54, 1.807) is 0 Å². The van der Waals surface area contributed by atoms with Gasteiger partial charge >= 0.3 is 5.97 Å². The molecule has 3 rings (SSSR count). The van der Waals surface area contributed by atoms with Crippen molar-refractivity contribution in [2.75, 3.05) is 25.5 Å². The smallest absolute Gasteiger partial charge is 0.358 e. The Morgan fingerprint density at radius 3 is 2.90 bits per heavy atom. The minimum atomic E-state index is -1.06. The number of likely N-dealkylation sites (N-methyl/N-ethyl adjacent to an activating group) is 1. The van der Waals surface area contributed by atoms with Crippen molar-refractivity contribution >= 4 is 22.6 Å². The van der Waals surface area contributed by atoms with Crippen LogP contribution in [0, 0.1) is 0 Å². The van der Waals surface area contributed by atoms with E-state index in [2.05, 4.69) is 27.5 Å². The van der Waals surface area contributed by atoms with Gasteiger partial charge in [0.25, 0.3) is 0 Å². The summed E-state index contributed by atoms with van der Waals surface area (Å²) in [6, 6.07) is 7.69. The maximum absolute atomic E-state index is 11.4. The second-order valence-corrected chi connectivity index (χ2v) is 5.14. The number of nitrogens with zero attached hydrogens (tertiary/aromatic N) is 3. The average molecular weight is 272 g/mol. The van der Waals surface area contributed by atoms with E-state index < -0.39 is 5.97 Å². The predicted octanol–water partition coefficient (Wildman–Crippen LogP) is 1.44. The van der Waals surface area contributed by atoms with Gasteiger partial charge in [-0.1, -0.05) is 18.2 Å². The zero-order valence-corrected chi connectivity index (χ0v) is 11.2. The number of hydrogen-bond acceptors (Lipinski definition) is 5. The average Bonchev–Trinajstić information content (AvgIpc) is 2.84. The maximum atomic E-state index is 11.4. The van der Waals surface area contributed by atoms with Crippen LogP contribution in [-0.4, -0.2) is 52.4 Å². The van der Waals surface area contributed by atoms with Crippen molar-refractivity contribution in [3.05, 3.63) is 30.0 Å². The molecule has 0 saturated carbocycles. The van der Waals surface area contributed by atoms with E-state index in [1.807, 2.05) is 24.3 Å². The minimum absolute atomic E-state index is 0.0155. The lowest BCUT2D eigenvalue weighted by Crippen LogP contribution is -2.25. The number of aromatic carboxylic acids is 1. The Hall–Kier alpha value is -2.21. The van der Waals surface area contributed by atoms with Gasteiger partial charge in [-0.2, -0.15) is 0 Å². The van der Waals surface area contributed by atoms with Gasteiger partial charge in [0.15, 0.2) is 5.69 Å². The summed E-state index contributed by atoms with van der Waals surface area (Å²) in [6.07, 6.45) is 0.992. The van der Waals surface area contributed by atoms with Crippen LogP contribution in [0.15, 0.2) is 24.3 Å². The summed E-state index contributed by atoms with van der Waals surface area (Å²) in [5.41, 5.74) is 1.26. The highest BCUT2D eigenvalue weighted by atomic mass is 16.4. The number of carbonyl (C=O) groups is 1. The highest BCUT2D eigenvalue weighted by molar-refractivity contribution is 6.02. The molecule has 1 aliphatic heterocycles. The van der Waals surface area contributed by atoms with Crippen LogP contribution in [0.3, 0.4) is 0 Å². The van der Waals surface area contributed by atoms with Crippen molar-refractivity contribution in [3.63, 3.8) is 0 Å². The molecule has 0 aliphatic carbocycles. The largest absolute Gasteiger partial charge is 0.476 e. The van der Waals surface area contributed by atoms with Crippen molar-refractivity contribution in [1.82, 2.24) is 15.1 Å². The van der Waals surface area contributed by atoms with E-state index >= 15 is 0 Å². The fourth-order valence-corrected chi connectivity index (χ4v) is 2.61. The van der Waals surface area contributed by atoms with E-state index in [1.165, 1.54) is 0 Å². The number of rotatable bonds is 3. The zero-order valence-electron chi connectivity index (χ0n) is 11.2. The first-order valence-electron chi connectivity index (χ1n) is 6.59. The molecule has 1 unspecified atom stereocenters. The Balaban J connectivity index is 2.05. The molecule has 0 radical (unpaired) electrons. The highest BCUT2D eigenvalue weighted by Gasteiger charge is 2.23. The normalized spacial score (nSPS) is 19.4. The van der Waals surface area contributed by atoms with E-state index in [9.17, 15) is 9.90 Å². The number of hydrogen-bond donors (Lipinski definition) is 2. The Morgan fingerprint density at radius 2 is 2.20 bits per heavy atom. The molecule has 1 aliphatic rings. The standard InChI is InChI=1S/C14H16N4O2/c1-18-7-6-9(8-18)15-12-10-4-2-3-5-11(10)16-17-13(12)14(19)20/h2-5,9H,6-8H2,1H3,(H,15,16)(H,19,20). The second-order valence-electron chi connectivity index (χ2n) is 5.14. The molecule has 1 aromatic carbocycles. The third-order valence-electron chi connectivity index (χ3n) is 3.61. The first-order chi connectivity index (χ1) is 9.65. The summed E-state index contributed by atoms with van der Waals surface area (Å²) >= 11 is 0. The summed E-state index contributed by atoms with van der Waals surface area (Å²) in [7, 11) is 2.06. The zero-order chi connectivity index (χ0) is 14.1. The van der Waals surface area contributed by atoms with Crippen LogP contribution in [0.2, 0.25) is 0 Å².